The molecule has 2 fully saturated rings. The number of amides is 2. The van der Waals surface area contributed by atoms with Crippen molar-refractivity contribution >= 4 is 28.8 Å². The molecule has 136 valence electrons. The fourth-order valence-corrected chi connectivity index (χ4v) is 4.26. The predicted molar refractivity (Wildman–Crippen MR) is 102 cm³/mol. The molecule has 2 amide bonds. The molecule has 1 unspecified atom stereocenters. The van der Waals surface area contributed by atoms with Gasteiger partial charge in [-0.2, -0.15) is 0 Å². The van der Waals surface area contributed by atoms with Crippen LogP contribution in [0.3, 0.4) is 0 Å². The molecule has 0 bridgehead atoms. The molecule has 0 saturated carbocycles. The second-order valence-corrected chi connectivity index (χ2v) is 7.76. The van der Waals surface area contributed by atoms with Crippen LogP contribution in [0.5, 0.6) is 0 Å². The van der Waals surface area contributed by atoms with Crippen LogP contribution in [-0.2, 0) is 4.79 Å². The third-order valence-electron chi connectivity index (χ3n) is 5.18. The second-order valence-electron chi connectivity index (χ2n) is 6.86. The minimum absolute atomic E-state index is 0.0171. The van der Waals surface area contributed by atoms with Crippen LogP contribution in [-0.4, -0.2) is 65.4 Å². The van der Waals surface area contributed by atoms with Crippen LogP contribution >= 0.6 is 11.3 Å². The summed E-state index contributed by atoms with van der Waals surface area (Å²) in [6.45, 7) is 5.75. The van der Waals surface area contributed by atoms with Gasteiger partial charge in [0.1, 0.15) is 0 Å². The Hall–Kier alpha value is -2.25. The van der Waals surface area contributed by atoms with E-state index in [-0.39, 0.29) is 17.9 Å². The summed E-state index contributed by atoms with van der Waals surface area (Å²) in [5, 5.41) is 2.38. The first-order valence-corrected chi connectivity index (χ1v) is 9.79. The Morgan fingerprint density at radius 1 is 1.15 bits per heavy atom. The van der Waals surface area contributed by atoms with Crippen molar-refractivity contribution in [1.29, 1.82) is 0 Å². The minimum Gasteiger partial charge on any atom is -0.334 e. The summed E-state index contributed by atoms with van der Waals surface area (Å²) in [6, 6.07) is 8.33. The Kier molecular flexibility index (Phi) is 4.74. The van der Waals surface area contributed by atoms with Gasteiger partial charge in [0.2, 0.25) is 5.91 Å². The number of aromatic nitrogens is 1. The topological polar surface area (TPSA) is 56.8 Å². The Morgan fingerprint density at radius 3 is 2.54 bits per heavy atom. The molecule has 3 heterocycles. The first-order valence-electron chi connectivity index (χ1n) is 8.91. The molecular weight excluding hydrogens is 348 g/mol. The number of rotatable bonds is 3. The number of benzene rings is 1. The number of aryl methyl sites for hydroxylation is 1. The van der Waals surface area contributed by atoms with Crippen molar-refractivity contribution in [2.75, 3.05) is 37.6 Å². The molecule has 4 rings (SSSR count). The Labute approximate surface area is 157 Å². The van der Waals surface area contributed by atoms with Crippen molar-refractivity contribution in [1.82, 2.24) is 14.8 Å². The molecule has 1 aromatic carbocycles. The van der Waals surface area contributed by atoms with E-state index in [1.807, 2.05) is 46.4 Å². The maximum absolute atomic E-state index is 12.5. The smallest absolute Gasteiger partial charge is 0.282 e. The molecule has 7 heteroatoms. The third kappa shape index (κ3) is 3.37. The fraction of sp³-hybridized carbons (Fsp3) is 0.421. The van der Waals surface area contributed by atoms with Crippen molar-refractivity contribution in [3.05, 3.63) is 46.4 Å². The number of anilines is 1. The van der Waals surface area contributed by atoms with Crippen molar-refractivity contribution in [3.8, 4) is 0 Å². The van der Waals surface area contributed by atoms with Gasteiger partial charge in [-0.15, -0.1) is 11.3 Å². The highest BCUT2D eigenvalue weighted by atomic mass is 32.1. The molecule has 0 aliphatic carbocycles. The van der Waals surface area contributed by atoms with E-state index >= 15 is 0 Å². The molecule has 0 radical (unpaired) electrons. The maximum Gasteiger partial charge on any atom is 0.282 e. The van der Waals surface area contributed by atoms with Gasteiger partial charge >= 0.3 is 0 Å². The number of hydrogen-bond acceptors (Lipinski definition) is 5. The van der Waals surface area contributed by atoms with Crippen LogP contribution < -0.4 is 4.90 Å². The summed E-state index contributed by atoms with van der Waals surface area (Å²) in [4.78, 5) is 35.1. The molecule has 0 spiro atoms. The van der Waals surface area contributed by atoms with Gasteiger partial charge in [-0.1, -0.05) is 17.7 Å². The van der Waals surface area contributed by atoms with Gasteiger partial charge in [-0.3, -0.25) is 14.5 Å². The van der Waals surface area contributed by atoms with Crippen LogP contribution in [0, 0.1) is 6.92 Å². The van der Waals surface area contributed by atoms with E-state index in [1.165, 1.54) is 16.9 Å². The Bertz CT molecular complexity index is 782. The number of hydrogen-bond donors (Lipinski definition) is 0. The second kappa shape index (κ2) is 7.17. The minimum atomic E-state index is 0.0171. The van der Waals surface area contributed by atoms with Gasteiger partial charge in [-0.25, -0.2) is 4.98 Å². The average molecular weight is 370 g/mol. The summed E-state index contributed by atoms with van der Waals surface area (Å²) in [5.41, 5.74) is 2.17. The molecule has 0 N–H and O–H groups in total. The van der Waals surface area contributed by atoms with Crippen LogP contribution in [0.25, 0.3) is 0 Å². The monoisotopic (exact) mass is 370 g/mol. The van der Waals surface area contributed by atoms with Crippen LogP contribution in [0.4, 0.5) is 5.69 Å². The molecule has 2 aromatic rings. The van der Waals surface area contributed by atoms with E-state index in [2.05, 4.69) is 9.88 Å². The molecule has 26 heavy (non-hydrogen) atoms. The predicted octanol–water partition coefficient (Wildman–Crippen LogP) is 2.01. The van der Waals surface area contributed by atoms with E-state index in [0.717, 1.165) is 25.3 Å². The Balaban J connectivity index is 1.36. The molecular formula is C19H22N4O2S. The molecule has 6 nitrogen and oxygen atoms in total. The standard InChI is InChI=1S/C19H22N4O2S/c1-14-2-4-15(5-3-14)23-13-16(12-17(23)24)21-7-9-22(10-8-21)19(25)18-20-6-11-26-18/h2-6,11,16H,7-10,12-13H2,1H3. The van der Waals surface area contributed by atoms with Gasteiger partial charge < -0.3 is 9.80 Å². The zero-order chi connectivity index (χ0) is 18.1. The quantitative estimate of drug-likeness (QED) is 0.829. The average Bonchev–Trinajstić information content (AvgIpc) is 3.32. The van der Waals surface area contributed by atoms with Crippen molar-refractivity contribution < 1.29 is 9.59 Å². The number of piperazine rings is 1. The lowest BCUT2D eigenvalue weighted by Gasteiger charge is -2.37. The van der Waals surface area contributed by atoms with E-state index in [4.69, 9.17) is 0 Å². The van der Waals surface area contributed by atoms with Crippen molar-refractivity contribution in [2.24, 2.45) is 0 Å². The molecule has 2 saturated heterocycles. The summed E-state index contributed by atoms with van der Waals surface area (Å²) >= 11 is 1.38. The number of carbonyl (C=O) groups excluding carboxylic acids is 2. The van der Waals surface area contributed by atoms with Gasteiger partial charge in [0.25, 0.3) is 5.91 Å². The van der Waals surface area contributed by atoms with Gasteiger partial charge in [0, 0.05) is 62.5 Å². The summed E-state index contributed by atoms with van der Waals surface area (Å²) < 4.78 is 0. The fourth-order valence-electron chi connectivity index (χ4n) is 3.66. The summed E-state index contributed by atoms with van der Waals surface area (Å²) in [6.07, 6.45) is 2.21. The van der Waals surface area contributed by atoms with Crippen LogP contribution in [0.15, 0.2) is 35.8 Å². The zero-order valence-corrected chi connectivity index (χ0v) is 15.6. The van der Waals surface area contributed by atoms with E-state index < -0.39 is 0 Å². The zero-order valence-electron chi connectivity index (χ0n) is 14.8. The highest BCUT2D eigenvalue weighted by Crippen LogP contribution is 2.25. The molecule has 2 aliphatic rings. The maximum atomic E-state index is 12.5. The van der Waals surface area contributed by atoms with Gasteiger partial charge in [-0.05, 0) is 19.1 Å². The Morgan fingerprint density at radius 2 is 1.88 bits per heavy atom. The molecule has 2 aliphatic heterocycles. The SMILES string of the molecule is Cc1ccc(N2CC(N3CCN(C(=O)c4nccs4)CC3)CC2=O)cc1. The van der Waals surface area contributed by atoms with Crippen LogP contribution in [0.2, 0.25) is 0 Å². The van der Waals surface area contributed by atoms with E-state index in [9.17, 15) is 9.59 Å². The number of carbonyl (C=O) groups is 2. The first kappa shape index (κ1) is 17.2. The first-order chi connectivity index (χ1) is 12.6. The molecule has 1 aromatic heterocycles. The normalized spacial score (nSPS) is 21.4. The van der Waals surface area contributed by atoms with Crippen molar-refractivity contribution in [3.63, 3.8) is 0 Å². The largest absolute Gasteiger partial charge is 0.334 e. The van der Waals surface area contributed by atoms with Crippen LogP contribution in [0.1, 0.15) is 21.8 Å². The number of nitrogens with zero attached hydrogens (tertiary/aromatic N) is 4. The summed E-state index contributed by atoms with van der Waals surface area (Å²) in [7, 11) is 0. The lowest BCUT2D eigenvalue weighted by molar-refractivity contribution is -0.117. The highest BCUT2D eigenvalue weighted by molar-refractivity contribution is 7.11. The molecule has 1 atom stereocenters. The third-order valence-corrected chi connectivity index (χ3v) is 5.94. The van der Waals surface area contributed by atoms with Gasteiger partial charge in [0.15, 0.2) is 5.01 Å². The highest BCUT2D eigenvalue weighted by Gasteiger charge is 2.36. The van der Waals surface area contributed by atoms with E-state index in [0.29, 0.717) is 24.5 Å². The lowest BCUT2D eigenvalue weighted by atomic mass is 10.2. The number of thiazole rings is 1. The van der Waals surface area contributed by atoms with Gasteiger partial charge in [0.05, 0.1) is 0 Å². The van der Waals surface area contributed by atoms with Crippen molar-refractivity contribution in [2.45, 2.75) is 19.4 Å². The lowest BCUT2D eigenvalue weighted by Crippen LogP contribution is -2.52. The van der Waals surface area contributed by atoms with E-state index in [1.54, 1.807) is 6.20 Å². The summed E-state index contributed by atoms with van der Waals surface area (Å²) in [5.74, 6) is 0.198.